The van der Waals surface area contributed by atoms with Gasteiger partial charge < -0.3 is 4.74 Å². The third kappa shape index (κ3) is 5.80. The average Bonchev–Trinajstić information content (AvgIpc) is 2.73. The minimum Gasteiger partial charge on any atom is -0.455 e. The average molecular weight is 600 g/mol. The molecule has 0 fully saturated rings. The molecule has 0 aliphatic carbocycles. The number of halogens is 20. The molecule has 0 radical (unpaired) electrons. The summed E-state index contributed by atoms with van der Waals surface area (Å²) in [5, 5.41) is 0. The van der Waals surface area contributed by atoms with E-state index in [9.17, 15) is 92.6 Å². The summed E-state index contributed by atoms with van der Waals surface area (Å²) in [6, 6.07) is 0. The molecule has 0 saturated carbocycles. The van der Waals surface area contributed by atoms with Gasteiger partial charge in [0.2, 0.25) is 12.3 Å². The van der Waals surface area contributed by atoms with Crippen LogP contribution in [0.5, 0.6) is 0 Å². The molecule has 0 saturated heterocycles. The Kier molecular flexibility index (Phi) is 9.57. The Bertz CT molecular complexity index is 830. The number of alkyl halides is 20. The first-order valence-electron chi connectivity index (χ1n) is 8.36. The summed E-state index contributed by atoms with van der Waals surface area (Å²) in [6.07, 6.45) is -27.8. The van der Waals surface area contributed by atoms with Crippen molar-refractivity contribution in [1.82, 2.24) is 0 Å². The summed E-state index contributed by atoms with van der Waals surface area (Å²) < 4.78 is 263. The smallest absolute Gasteiger partial charge is 0.455 e. The molecular formula is C15H8F20O2. The molecule has 0 aromatic heterocycles. The molecule has 2 nitrogen and oxygen atoms in total. The minimum atomic E-state index is -8.38. The second-order valence-electron chi connectivity index (χ2n) is 6.82. The van der Waals surface area contributed by atoms with Gasteiger partial charge in [0.1, 0.15) is 0 Å². The lowest BCUT2D eigenvalue weighted by Gasteiger charge is -2.41. The first-order valence-corrected chi connectivity index (χ1v) is 8.36. The third-order valence-electron chi connectivity index (χ3n) is 4.18. The van der Waals surface area contributed by atoms with E-state index in [1.165, 1.54) is 0 Å². The number of carbonyl (C=O) groups is 1. The maximum absolute atomic E-state index is 13.7. The predicted octanol–water partition coefficient (Wildman–Crippen LogP) is 6.74. The molecule has 220 valence electrons. The van der Waals surface area contributed by atoms with Gasteiger partial charge in [-0.25, -0.2) is 26.7 Å². The molecule has 0 aromatic rings. The van der Waals surface area contributed by atoms with Crippen LogP contribution in [0.1, 0.15) is 0 Å². The molecule has 0 heterocycles. The van der Waals surface area contributed by atoms with Gasteiger partial charge in [-0.2, -0.15) is 65.9 Å². The number of rotatable bonds is 12. The zero-order chi connectivity index (χ0) is 30.4. The lowest BCUT2D eigenvalue weighted by Crippen LogP contribution is -2.71. The highest BCUT2D eigenvalue weighted by atomic mass is 19.4. The van der Waals surface area contributed by atoms with Gasteiger partial charge in [-0.1, -0.05) is 6.58 Å². The van der Waals surface area contributed by atoms with E-state index < -0.39 is 84.8 Å². The summed E-state index contributed by atoms with van der Waals surface area (Å²) in [6.45, 7) is -1.37. The van der Waals surface area contributed by atoms with Crippen LogP contribution in [0.25, 0.3) is 0 Å². The van der Waals surface area contributed by atoms with Crippen molar-refractivity contribution in [3.05, 3.63) is 12.2 Å². The van der Waals surface area contributed by atoms with Crippen LogP contribution in [-0.2, 0) is 9.53 Å². The van der Waals surface area contributed by atoms with E-state index in [0.717, 1.165) is 0 Å². The Morgan fingerprint density at radius 2 is 1.03 bits per heavy atom. The molecule has 3 atom stereocenters. The van der Waals surface area contributed by atoms with E-state index in [-0.39, 0.29) is 0 Å². The SMILES string of the molecule is C=C(C(=O)OCC(F)(F)C(F)(F)F)C(F)C(F)(F)C(F)(F)C(F)(F)C(F)(F)C(F)(F)C(F)C(F)C(F)F. The molecule has 0 N–H and O–H groups in total. The number of ether oxygens (including phenoxy) is 1. The van der Waals surface area contributed by atoms with Crippen LogP contribution in [0, 0.1) is 0 Å². The van der Waals surface area contributed by atoms with E-state index in [2.05, 4.69) is 4.74 Å². The molecule has 3 unspecified atom stereocenters. The van der Waals surface area contributed by atoms with Crippen molar-refractivity contribution in [2.24, 2.45) is 0 Å². The molecular weight excluding hydrogens is 592 g/mol. The molecule has 0 spiro atoms. The Morgan fingerprint density at radius 3 is 1.38 bits per heavy atom. The summed E-state index contributed by atoms with van der Waals surface area (Å²) in [7, 11) is 0. The Morgan fingerprint density at radius 1 is 0.649 bits per heavy atom. The lowest BCUT2D eigenvalue weighted by molar-refractivity contribution is -0.413. The summed E-state index contributed by atoms with van der Waals surface area (Å²) >= 11 is 0. The van der Waals surface area contributed by atoms with Crippen molar-refractivity contribution in [2.75, 3.05) is 6.61 Å². The quantitative estimate of drug-likeness (QED) is 0.141. The second-order valence-corrected chi connectivity index (χ2v) is 6.82. The van der Waals surface area contributed by atoms with Crippen LogP contribution >= 0.6 is 0 Å². The van der Waals surface area contributed by atoms with Crippen LogP contribution in [0.15, 0.2) is 12.2 Å². The Hall–Kier alpha value is -2.19. The molecule has 0 bridgehead atoms. The monoisotopic (exact) mass is 600 g/mol. The Balaban J connectivity index is 6.21. The van der Waals surface area contributed by atoms with Gasteiger partial charge >= 0.3 is 47.7 Å². The summed E-state index contributed by atoms with van der Waals surface area (Å²) in [5.74, 6) is -49.2. The number of hydrogen-bond donors (Lipinski definition) is 0. The fourth-order valence-corrected chi connectivity index (χ4v) is 1.93. The van der Waals surface area contributed by atoms with Gasteiger partial charge in [0.15, 0.2) is 12.8 Å². The van der Waals surface area contributed by atoms with E-state index in [1.807, 2.05) is 0 Å². The summed E-state index contributed by atoms with van der Waals surface area (Å²) in [5.41, 5.74) is -3.02. The fourth-order valence-electron chi connectivity index (χ4n) is 1.93. The normalized spacial score (nSPS) is 17.4. The van der Waals surface area contributed by atoms with Crippen LogP contribution in [-0.4, -0.2) is 79.2 Å². The van der Waals surface area contributed by atoms with E-state index in [4.69, 9.17) is 0 Å². The second kappa shape index (κ2) is 10.2. The first kappa shape index (κ1) is 34.8. The topological polar surface area (TPSA) is 26.3 Å². The van der Waals surface area contributed by atoms with Crippen molar-refractivity contribution in [3.63, 3.8) is 0 Å². The van der Waals surface area contributed by atoms with Crippen molar-refractivity contribution in [3.8, 4) is 0 Å². The highest BCUT2D eigenvalue weighted by Crippen LogP contribution is 2.59. The van der Waals surface area contributed by atoms with Crippen molar-refractivity contribution < 1.29 is 97.3 Å². The van der Waals surface area contributed by atoms with E-state index in [0.29, 0.717) is 0 Å². The van der Waals surface area contributed by atoms with Gasteiger partial charge in [-0.05, 0) is 0 Å². The molecule has 22 heteroatoms. The minimum absolute atomic E-state index is 1.80. The van der Waals surface area contributed by atoms with Crippen molar-refractivity contribution >= 4 is 5.97 Å². The number of hydrogen-bond acceptors (Lipinski definition) is 2. The predicted molar refractivity (Wildman–Crippen MR) is 76.5 cm³/mol. The zero-order valence-electron chi connectivity index (χ0n) is 16.6. The van der Waals surface area contributed by atoms with Gasteiger partial charge in [0, 0.05) is 0 Å². The van der Waals surface area contributed by atoms with Gasteiger partial charge in [-0.15, -0.1) is 0 Å². The highest BCUT2D eigenvalue weighted by Gasteiger charge is 2.89. The molecule has 0 aliphatic heterocycles. The molecule has 0 aromatic carbocycles. The number of carbonyl (C=O) groups excluding carboxylic acids is 1. The maximum Gasteiger partial charge on any atom is 0.456 e. The lowest BCUT2D eigenvalue weighted by atomic mass is 9.88. The van der Waals surface area contributed by atoms with Crippen molar-refractivity contribution in [2.45, 2.75) is 66.7 Å². The van der Waals surface area contributed by atoms with Crippen molar-refractivity contribution in [1.29, 1.82) is 0 Å². The fraction of sp³-hybridized carbons (Fsp3) is 0.800. The summed E-state index contributed by atoms with van der Waals surface area (Å²) in [4.78, 5) is 11.1. The molecule has 0 rings (SSSR count). The molecule has 37 heavy (non-hydrogen) atoms. The molecule has 0 aliphatic rings. The molecule has 0 amide bonds. The Labute approximate surface area is 190 Å². The maximum atomic E-state index is 13.7. The van der Waals surface area contributed by atoms with E-state index in [1.54, 1.807) is 6.58 Å². The highest BCUT2D eigenvalue weighted by molar-refractivity contribution is 5.89. The zero-order valence-corrected chi connectivity index (χ0v) is 16.6. The van der Waals surface area contributed by atoms with Gasteiger partial charge in [0.25, 0.3) is 6.43 Å². The van der Waals surface area contributed by atoms with Gasteiger partial charge in [-0.3, -0.25) is 0 Å². The largest absolute Gasteiger partial charge is 0.456 e. The third-order valence-corrected chi connectivity index (χ3v) is 4.18. The number of esters is 1. The van der Waals surface area contributed by atoms with Crippen LogP contribution < -0.4 is 0 Å². The van der Waals surface area contributed by atoms with E-state index >= 15 is 0 Å². The van der Waals surface area contributed by atoms with Crippen LogP contribution in [0.4, 0.5) is 87.8 Å². The van der Waals surface area contributed by atoms with Crippen LogP contribution in [0.2, 0.25) is 0 Å². The standard InChI is InChI=1S/C15H8F20O2/c1-3(8(36)37-2-9(21,22)15(33,34)35)5(17)10(23,24)12(27,28)14(31,32)13(29,30)11(25,26)6(18)4(16)7(19)20/h4-7H,1-2H2. The first-order chi connectivity index (χ1) is 16.0. The van der Waals surface area contributed by atoms with Gasteiger partial charge in [0.05, 0.1) is 5.57 Å². The van der Waals surface area contributed by atoms with Crippen LogP contribution in [0.3, 0.4) is 0 Å².